The van der Waals surface area contributed by atoms with Gasteiger partial charge in [0.15, 0.2) is 0 Å². The third kappa shape index (κ3) is 5.00. The summed E-state index contributed by atoms with van der Waals surface area (Å²) in [5, 5.41) is 3.23. The number of benzene rings is 2. The normalized spacial score (nSPS) is 14.8. The Morgan fingerprint density at radius 3 is 2.59 bits per heavy atom. The molecule has 0 bridgehead atoms. The molecule has 1 aromatic heterocycles. The first kappa shape index (κ1) is 23.6. The molecule has 174 valence electrons. The molecule has 4 rings (SSSR count). The molecule has 1 N–H and O–H groups in total. The van der Waals surface area contributed by atoms with Crippen molar-refractivity contribution < 1.29 is 23.9 Å². The van der Waals surface area contributed by atoms with Crippen LogP contribution in [0.5, 0.6) is 0 Å². The lowest BCUT2D eigenvalue weighted by Crippen LogP contribution is -2.36. The van der Waals surface area contributed by atoms with Crippen molar-refractivity contribution >= 4 is 69.1 Å². The molecule has 0 saturated carbocycles. The Kier molecular flexibility index (Phi) is 7.04. The van der Waals surface area contributed by atoms with Gasteiger partial charge in [-0.1, -0.05) is 41.9 Å². The van der Waals surface area contributed by atoms with E-state index in [-0.39, 0.29) is 24.0 Å². The van der Waals surface area contributed by atoms with Crippen LogP contribution >= 0.6 is 23.4 Å². The maximum absolute atomic E-state index is 12.9. The standard InChI is InChI=1S/C24H20ClN3O5S/c1-2-33-22(30)14-27-12-15(16-7-3-6-10-19(16)27)11-20-23(31)28(24(32)34-20)13-21(29)26-18-9-5-4-8-17(18)25/h3-12H,2,13-14H2,1H3,(H,26,29)/b20-11+. The van der Waals surface area contributed by atoms with Crippen molar-refractivity contribution in [3.8, 4) is 0 Å². The molecule has 1 aliphatic heterocycles. The van der Waals surface area contributed by atoms with E-state index < -0.39 is 23.6 Å². The Labute approximate surface area is 204 Å². The number of imide groups is 1. The van der Waals surface area contributed by atoms with Crippen molar-refractivity contribution in [2.45, 2.75) is 13.5 Å². The van der Waals surface area contributed by atoms with Crippen molar-refractivity contribution in [1.82, 2.24) is 9.47 Å². The zero-order valence-corrected chi connectivity index (χ0v) is 19.7. The minimum atomic E-state index is -0.563. The second kappa shape index (κ2) is 10.1. The number of esters is 1. The molecule has 10 heteroatoms. The molecular formula is C24H20ClN3O5S. The molecule has 1 fully saturated rings. The van der Waals surface area contributed by atoms with E-state index in [1.165, 1.54) is 0 Å². The SMILES string of the molecule is CCOC(=O)Cn1cc(/C=C2/SC(=O)N(CC(=O)Nc3ccccc3Cl)C2=O)c2ccccc21. The Bertz CT molecular complexity index is 1330. The maximum atomic E-state index is 12.9. The predicted octanol–water partition coefficient (Wildman–Crippen LogP) is 4.53. The van der Waals surface area contributed by atoms with Gasteiger partial charge in [-0.2, -0.15) is 0 Å². The number of halogens is 1. The van der Waals surface area contributed by atoms with Crippen LogP contribution in [-0.2, 0) is 25.7 Å². The Balaban J connectivity index is 1.54. The molecule has 8 nitrogen and oxygen atoms in total. The number of nitrogens with one attached hydrogen (secondary N) is 1. The fraction of sp³-hybridized carbons (Fsp3) is 0.167. The summed E-state index contributed by atoms with van der Waals surface area (Å²) in [5.41, 5.74) is 1.86. The average Bonchev–Trinajstić information content (AvgIpc) is 3.27. The Hall–Kier alpha value is -3.56. The van der Waals surface area contributed by atoms with E-state index in [0.29, 0.717) is 16.3 Å². The van der Waals surface area contributed by atoms with Crippen molar-refractivity contribution in [3.63, 3.8) is 0 Å². The highest BCUT2D eigenvalue weighted by atomic mass is 35.5. The summed E-state index contributed by atoms with van der Waals surface area (Å²) >= 11 is 6.81. The van der Waals surface area contributed by atoms with E-state index in [0.717, 1.165) is 27.6 Å². The number of rotatable bonds is 7. The molecule has 0 aliphatic carbocycles. The van der Waals surface area contributed by atoms with Crippen LogP contribution in [0.25, 0.3) is 17.0 Å². The molecule has 0 spiro atoms. The maximum Gasteiger partial charge on any atom is 0.325 e. The summed E-state index contributed by atoms with van der Waals surface area (Å²) in [7, 11) is 0. The predicted molar refractivity (Wildman–Crippen MR) is 131 cm³/mol. The number of amides is 3. The minimum Gasteiger partial charge on any atom is -0.465 e. The van der Waals surface area contributed by atoms with Crippen LogP contribution in [0.1, 0.15) is 12.5 Å². The molecule has 2 aromatic carbocycles. The number of carbonyl (C=O) groups excluding carboxylic acids is 4. The highest BCUT2D eigenvalue weighted by Crippen LogP contribution is 2.34. The lowest BCUT2D eigenvalue weighted by molar-refractivity contribution is -0.143. The molecule has 0 radical (unpaired) electrons. The molecule has 3 aromatic rings. The zero-order valence-electron chi connectivity index (χ0n) is 18.1. The fourth-order valence-corrected chi connectivity index (χ4v) is 4.55. The van der Waals surface area contributed by atoms with Crippen molar-refractivity contribution in [2.24, 2.45) is 0 Å². The summed E-state index contributed by atoms with van der Waals surface area (Å²) in [6, 6.07) is 14.1. The minimum absolute atomic E-state index is 0.0197. The number of aromatic nitrogens is 1. The van der Waals surface area contributed by atoms with Gasteiger partial charge in [-0.3, -0.25) is 24.1 Å². The number of nitrogens with zero attached hydrogens (tertiary/aromatic N) is 2. The van der Waals surface area contributed by atoms with Gasteiger partial charge in [0.2, 0.25) is 5.91 Å². The molecular weight excluding hydrogens is 478 g/mol. The van der Waals surface area contributed by atoms with Gasteiger partial charge in [0.1, 0.15) is 13.1 Å². The summed E-state index contributed by atoms with van der Waals surface area (Å²) < 4.78 is 6.78. The van der Waals surface area contributed by atoms with Gasteiger partial charge >= 0.3 is 5.97 Å². The second-order valence-electron chi connectivity index (χ2n) is 7.33. The van der Waals surface area contributed by atoms with Crippen molar-refractivity contribution in [2.75, 3.05) is 18.5 Å². The smallest absolute Gasteiger partial charge is 0.325 e. The Morgan fingerprint density at radius 2 is 1.82 bits per heavy atom. The van der Waals surface area contributed by atoms with Gasteiger partial charge in [-0.25, -0.2) is 0 Å². The first-order chi connectivity index (χ1) is 16.4. The molecule has 0 unspecified atom stereocenters. The van der Waals surface area contributed by atoms with Crippen LogP contribution in [0.2, 0.25) is 5.02 Å². The fourth-order valence-electron chi connectivity index (χ4n) is 3.54. The number of carbonyl (C=O) groups is 4. The summed E-state index contributed by atoms with van der Waals surface area (Å²) in [6.45, 7) is 1.60. The third-order valence-electron chi connectivity index (χ3n) is 5.03. The number of para-hydroxylation sites is 2. The van der Waals surface area contributed by atoms with Crippen LogP contribution in [0, 0.1) is 0 Å². The lowest BCUT2D eigenvalue weighted by atomic mass is 10.1. The quantitative estimate of drug-likeness (QED) is 0.380. The number of fused-ring (bicyclic) bond motifs is 1. The molecule has 2 heterocycles. The van der Waals surface area contributed by atoms with Crippen molar-refractivity contribution in [1.29, 1.82) is 0 Å². The van der Waals surface area contributed by atoms with Crippen LogP contribution in [0.4, 0.5) is 10.5 Å². The Morgan fingerprint density at radius 1 is 1.09 bits per heavy atom. The highest BCUT2D eigenvalue weighted by Gasteiger charge is 2.36. The van der Waals surface area contributed by atoms with Gasteiger partial charge in [0.05, 0.1) is 22.2 Å². The van der Waals surface area contributed by atoms with Crippen LogP contribution < -0.4 is 5.32 Å². The lowest BCUT2D eigenvalue weighted by Gasteiger charge is -2.13. The number of hydrogen-bond acceptors (Lipinski definition) is 6. The first-order valence-electron chi connectivity index (χ1n) is 10.4. The number of ether oxygens (including phenoxy) is 1. The van der Waals surface area contributed by atoms with E-state index in [4.69, 9.17) is 16.3 Å². The van der Waals surface area contributed by atoms with Crippen LogP contribution in [0.3, 0.4) is 0 Å². The average molecular weight is 498 g/mol. The number of thioether (sulfide) groups is 1. The van der Waals surface area contributed by atoms with Gasteiger partial charge in [-0.15, -0.1) is 0 Å². The van der Waals surface area contributed by atoms with E-state index in [9.17, 15) is 19.2 Å². The van der Waals surface area contributed by atoms with Gasteiger partial charge < -0.3 is 14.6 Å². The second-order valence-corrected chi connectivity index (χ2v) is 8.73. The largest absolute Gasteiger partial charge is 0.465 e. The molecule has 34 heavy (non-hydrogen) atoms. The summed E-state index contributed by atoms with van der Waals surface area (Å²) in [4.78, 5) is 50.9. The van der Waals surface area contributed by atoms with Crippen molar-refractivity contribution in [3.05, 3.63) is 70.2 Å². The molecule has 1 aliphatic rings. The topological polar surface area (TPSA) is 97.7 Å². The van der Waals surface area contributed by atoms with E-state index in [2.05, 4.69) is 5.32 Å². The molecule has 3 amide bonds. The van der Waals surface area contributed by atoms with Gasteiger partial charge in [-0.05, 0) is 43.0 Å². The molecule has 1 saturated heterocycles. The van der Waals surface area contributed by atoms with E-state index in [1.807, 2.05) is 24.3 Å². The highest BCUT2D eigenvalue weighted by molar-refractivity contribution is 8.18. The summed E-state index contributed by atoms with van der Waals surface area (Å²) in [6.07, 6.45) is 3.33. The van der Waals surface area contributed by atoms with Crippen LogP contribution in [0.15, 0.2) is 59.6 Å². The van der Waals surface area contributed by atoms with Gasteiger partial charge in [0, 0.05) is 22.7 Å². The monoisotopic (exact) mass is 497 g/mol. The number of hydrogen-bond donors (Lipinski definition) is 1. The number of anilines is 1. The third-order valence-corrected chi connectivity index (χ3v) is 6.27. The summed E-state index contributed by atoms with van der Waals surface area (Å²) in [5.74, 6) is -1.48. The van der Waals surface area contributed by atoms with Crippen LogP contribution in [-0.4, -0.2) is 45.6 Å². The van der Waals surface area contributed by atoms with Gasteiger partial charge in [0.25, 0.3) is 11.1 Å². The van der Waals surface area contributed by atoms with E-state index >= 15 is 0 Å². The zero-order chi connectivity index (χ0) is 24.2. The molecule has 0 atom stereocenters. The van der Waals surface area contributed by atoms with E-state index in [1.54, 1.807) is 48.0 Å². The first-order valence-corrected chi connectivity index (χ1v) is 11.6.